The second-order valence-electron chi connectivity index (χ2n) is 3.79. The first-order chi connectivity index (χ1) is 9.11. The van der Waals surface area contributed by atoms with E-state index in [2.05, 4.69) is 15.9 Å². The van der Waals surface area contributed by atoms with Crippen LogP contribution in [0, 0.1) is 19.3 Å². The van der Waals surface area contributed by atoms with Crippen LogP contribution in [0.1, 0.15) is 5.56 Å². The van der Waals surface area contributed by atoms with Gasteiger partial charge in [-0.25, -0.2) is 14.2 Å². The third-order valence-corrected chi connectivity index (χ3v) is 3.17. The van der Waals surface area contributed by atoms with E-state index < -0.39 is 11.4 Å². The van der Waals surface area contributed by atoms with Crippen LogP contribution in [0.4, 0.5) is 0 Å². The molecule has 0 unspecified atom stereocenters. The van der Waals surface area contributed by atoms with Crippen LogP contribution in [0.2, 0.25) is 0 Å². The summed E-state index contributed by atoms with van der Waals surface area (Å²) in [6.07, 6.45) is 5.11. The Balaban J connectivity index is 2.49. The highest BCUT2D eigenvalue weighted by molar-refractivity contribution is 7.99. The van der Waals surface area contributed by atoms with Crippen molar-refractivity contribution in [3.8, 4) is 18.0 Å². The van der Waals surface area contributed by atoms with E-state index in [1.54, 1.807) is 12.1 Å². The van der Waals surface area contributed by atoms with Crippen molar-refractivity contribution in [3.63, 3.8) is 0 Å². The molecule has 19 heavy (non-hydrogen) atoms. The number of thioether (sulfide) groups is 1. The highest BCUT2D eigenvalue weighted by atomic mass is 32.2. The number of aromatic amines is 1. The van der Waals surface area contributed by atoms with Crippen LogP contribution in [-0.4, -0.2) is 20.3 Å². The molecule has 2 aromatic rings. The van der Waals surface area contributed by atoms with Gasteiger partial charge in [-0.1, -0.05) is 35.4 Å². The Hall–Kier alpha value is -2.26. The van der Waals surface area contributed by atoms with Crippen molar-refractivity contribution in [2.24, 2.45) is 0 Å². The molecule has 0 fully saturated rings. The predicted molar refractivity (Wildman–Crippen MR) is 74.7 cm³/mol. The Morgan fingerprint density at radius 2 is 2.05 bits per heavy atom. The summed E-state index contributed by atoms with van der Waals surface area (Å²) in [5.74, 6) is 2.74. The summed E-state index contributed by atoms with van der Waals surface area (Å²) in [5, 5.41) is 0.233. The predicted octanol–water partition coefficient (Wildman–Crippen LogP) is 0.955. The summed E-state index contributed by atoms with van der Waals surface area (Å²) in [6, 6.07) is 7.04. The van der Waals surface area contributed by atoms with Crippen LogP contribution in [0.15, 0.2) is 39.0 Å². The zero-order valence-corrected chi connectivity index (χ0v) is 11.0. The molecular formula is C13H11N3O2S. The summed E-state index contributed by atoms with van der Waals surface area (Å²) in [4.78, 5) is 30.1. The largest absolute Gasteiger partial charge is 0.358 e. The lowest BCUT2D eigenvalue weighted by molar-refractivity contribution is 0.743. The lowest BCUT2D eigenvalue weighted by Crippen LogP contribution is -2.36. The van der Waals surface area contributed by atoms with Gasteiger partial charge in [-0.15, -0.1) is 6.42 Å². The summed E-state index contributed by atoms with van der Waals surface area (Å²) >= 11 is 1.14. The first-order valence-corrected chi connectivity index (χ1v) is 6.47. The number of benzene rings is 1. The number of hydrogen-bond donors (Lipinski definition) is 1. The number of H-pyrrole nitrogens is 1. The minimum atomic E-state index is -0.618. The molecule has 0 atom stereocenters. The highest BCUT2D eigenvalue weighted by Crippen LogP contribution is 2.08. The fourth-order valence-electron chi connectivity index (χ4n) is 1.50. The van der Waals surface area contributed by atoms with Gasteiger partial charge in [-0.2, -0.15) is 4.98 Å². The summed E-state index contributed by atoms with van der Waals surface area (Å²) in [7, 11) is 0. The lowest BCUT2D eigenvalue weighted by Gasteiger charge is -2.04. The third-order valence-electron chi connectivity index (χ3n) is 2.39. The van der Waals surface area contributed by atoms with Crippen molar-refractivity contribution in [1.29, 1.82) is 0 Å². The second kappa shape index (κ2) is 5.59. The number of nitrogens with one attached hydrogen (secondary N) is 1. The molecule has 1 aromatic carbocycles. The van der Waals surface area contributed by atoms with E-state index in [9.17, 15) is 9.59 Å². The molecule has 0 saturated heterocycles. The van der Waals surface area contributed by atoms with Gasteiger partial charge in [-0.3, -0.25) is 4.98 Å². The zero-order chi connectivity index (χ0) is 13.8. The Bertz CT molecular complexity index is 707. The van der Waals surface area contributed by atoms with E-state index in [-0.39, 0.29) is 5.16 Å². The summed E-state index contributed by atoms with van der Waals surface area (Å²) in [5.41, 5.74) is 0.385. The van der Waals surface area contributed by atoms with Crippen molar-refractivity contribution in [3.05, 3.63) is 50.8 Å². The normalized spacial score (nSPS) is 10.1. The minimum Gasteiger partial charge on any atom is -0.286 e. The van der Waals surface area contributed by atoms with Gasteiger partial charge in [0.25, 0.3) is 0 Å². The lowest BCUT2D eigenvalue weighted by atomic mass is 10.2. The monoisotopic (exact) mass is 273 g/mol. The standard InChI is InChI=1S/C13H11N3O2S/c1-3-8-19-11-14-12(17)16(13(18)15-11)10-6-4-9(2)5-7-10/h1,4-7H,8H2,2H3,(H,14,15,17,18). The van der Waals surface area contributed by atoms with E-state index in [1.807, 2.05) is 19.1 Å². The number of rotatable bonds is 3. The molecule has 2 rings (SSSR count). The maximum Gasteiger partial charge on any atom is 0.358 e. The number of hydrogen-bond acceptors (Lipinski definition) is 4. The first-order valence-electron chi connectivity index (χ1n) is 5.48. The molecule has 6 heteroatoms. The van der Waals surface area contributed by atoms with Gasteiger partial charge in [0.15, 0.2) is 5.16 Å². The molecule has 0 aliphatic rings. The number of terminal acetylenes is 1. The molecule has 0 spiro atoms. The molecule has 1 heterocycles. The van der Waals surface area contributed by atoms with E-state index >= 15 is 0 Å². The van der Waals surface area contributed by atoms with Gasteiger partial charge in [0.1, 0.15) is 0 Å². The molecule has 1 N–H and O–H groups in total. The van der Waals surface area contributed by atoms with E-state index in [4.69, 9.17) is 6.42 Å². The van der Waals surface area contributed by atoms with Gasteiger partial charge >= 0.3 is 11.4 Å². The fourth-order valence-corrected chi connectivity index (χ4v) is 2.02. The maximum absolute atomic E-state index is 11.9. The Morgan fingerprint density at radius 3 is 2.63 bits per heavy atom. The van der Waals surface area contributed by atoms with Crippen molar-refractivity contribution in [1.82, 2.24) is 14.5 Å². The Labute approximate surface area is 113 Å². The quantitative estimate of drug-likeness (QED) is 0.668. The second-order valence-corrected chi connectivity index (χ2v) is 4.76. The highest BCUT2D eigenvalue weighted by Gasteiger charge is 2.07. The molecule has 0 aliphatic heterocycles. The van der Waals surface area contributed by atoms with Crippen molar-refractivity contribution >= 4 is 11.8 Å². The fraction of sp³-hybridized carbons (Fsp3) is 0.154. The SMILES string of the molecule is C#CCSc1nc(=O)n(-c2ccc(C)cc2)c(=O)[nH]1. The number of aromatic nitrogens is 3. The average molecular weight is 273 g/mol. The third kappa shape index (κ3) is 2.95. The minimum absolute atomic E-state index is 0.233. The van der Waals surface area contributed by atoms with Crippen LogP contribution in [0.25, 0.3) is 5.69 Å². The van der Waals surface area contributed by atoms with Crippen molar-refractivity contribution in [2.75, 3.05) is 5.75 Å². The van der Waals surface area contributed by atoms with Crippen molar-refractivity contribution < 1.29 is 0 Å². The number of aryl methyl sites for hydroxylation is 1. The van der Waals surface area contributed by atoms with Crippen LogP contribution in [-0.2, 0) is 0 Å². The van der Waals surface area contributed by atoms with Crippen LogP contribution >= 0.6 is 11.8 Å². The smallest absolute Gasteiger partial charge is 0.286 e. The van der Waals surface area contributed by atoms with E-state index in [0.717, 1.165) is 21.9 Å². The first kappa shape index (κ1) is 13.2. The Morgan fingerprint density at radius 1 is 1.37 bits per heavy atom. The molecular weight excluding hydrogens is 262 g/mol. The molecule has 0 amide bonds. The van der Waals surface area contributed by atoms with Crippen LogP contribution < -0.4 is 11.4 Å². The average Bonchev–Trinajstić information content (AvgIpc) is 2.38. The number of nitrogens with zero attached hydrogens (tertiary/aromatic N) is 2. The van der Waals surface area contributed by atoms with Crippen LogP contribution in [0.3, 0.4) is 0 Å². The van der Waals surface area contributed by atoms with E-state index in [1.165, 1.54) is 0 Å². The molecule has 96 valence electrons. The van der Waals surface area contributed by atoms with Gasteiger partial charge in [0.05, 0.1) is 11.4 Å². The molecule has 1 aromatic heterocycles. The van der Waals surface area contributed by atoms with Gasteiger partial charge in [0, 0.05) is 0 Å². The van der Waals surface area contributed by atoms with Gasteiger partial charge in [0.2, 0.25) is 0 Å². The molecule has 0 saturated carbocycles. The van der Waals surface area contributed by atoms with Gasteiger partial charge < -0.3 is 0 Å². The zero-order valence-electron chi connectivity index (χ0n) is 10.2. The molecule has 5 nitrogen and oxygen atoms in total. The van der Waals surface area contributed by atoms with Crippen molar-refractivity contribution in [2.45, 2.75) is 12.1 Å². The molecule has 0 radical (unpaired) electrons. The molecule has 0 bridgehead atoms. The topological polar surface area (TPSA) is 67.8 Å². The molecule has 0 aliphatic carbocycles. The maximum atomic E-state index is 11.9. The summed E-state index contributed by atoms with van der Waals surface area (Å²) < 4.78 is 0.985. The Kier molecular flexibility index (Phi) is 3.88. The van der Waals surface area contributed by atoms with E-state index in [0.29, 0.717) is 11.4 Å². The van der Waals surface area contributed by atoms with Gasteiger partial charge in [-0.05, 0) is 19.1 Å². The summed E-state index contributed by atoms with van der Waals surface area (Å²) in [6.45, 7) is 1.93. The van der Waals surface area contributed by atoms with Crippen LogP contribution in [0.5, 0.6) is 0 Å².